The zero-order valence-electron chi connectivity index (χ0n) is 10.5. The van der Waals surface area contributed by atoms with E-state index in [0.717, 1.165) is 24.6 Å². The van der Waals surface area contributed by atoms with Gasteiger partial charge in [0.15, 0.2) is 0 Å². The van der Waals surface area contributed by atoms with Gasteiger partial charge in [0.2, 0.25) is 0 Å². The number of aromatic nitrogens is 2. The molecule has 2 saturated carbocycles. The third-order valence-corrected chi connectivity index (χ3v) is 4.33. The van der Waals surface area contributed by atoms with E-state index in [0.29, 0.717) is 5.41 Å². The Labute approximate surface area is 103 Å². The molecule has 17 heavy (non-hydrogen) atoms. The summed E-state index contributed by atoms with van der Waals surface area (Å²) in [7, 11) is 1.93. The Morgan fingerprint density at radius 3 is 2.88 bits per heavy atom. The number of rotatable bonds is 6. The number of nitrogens with one attached hydrogen (secondary N) is 1. The van der Waals surface area contributed by atoms with Crippen LogP contribution < -0.4 is 11.1 Å². The first-order chi connectivity index (χ1) is 8.20. The predicted octanol–water partition coefficient (Wildman–Crippen LogP) is 1.20. The van der Waals surface area contributed by atoms with Crippen molar-refractivity contribution in [2.24, 2.45) is 24.1 Å². The van der Waals surface area contributed by atoms with Crippen molar-refractivity contribution in [3.05, 3.63) is 18.0 Å². The molecule has 1 aromatic heterocycles. The van der Waals surface area contributed by atoms with E-state index in [1.807, 2.05) is 24.1 Å². The minimum absolute atomic E-state index is 0.0682. The lowest BCUT2D eigenvalue weighted by molar-refractivity contribution is 0.397. The van der Waals surface area contributed by atoms with E-state index in [1.165, 1.54) is 25.7 Å². The average molecular weight is 234 g/mol. The maximum Gasteiger partial charge on any atom is 0.0537 e. The van der Waals surface area contributed by atoms with E-state index < -0.39 is 0 Å². The maximum absolute atomic E-state index is 6.13. The molecule has 0 aromatic carbocycles. The van der Waals surface area contributed by atoms with E-state index in [4.69, 9.17) is 5.73 Å². The fourth-order valence-corrected chi connectivity index (χ4v) is 2.81. The highest BCUT2D eigenvalue weighted by atomic mass is 15.2. The largest absolute Gasteiger partial charge is 0.323 e. The average Bonchev–Trinajstić information content (AvgIpc) is 3.18. The Kier molecular flexibility index (Phi) is 2.71. The van der Waals surface area contributed by atoms with Crippen LogP contribution in [0.5, 0.6) is 0 Å². The molecular formula is C13H22N4. The maximum atomic E-state index is 6.13. The van der Waals surface area contributed by atoms with Gasteiger partial charge in [0.1, 0.15) is 0 Å². The zero-order chi connectivity index (χ0) is 11.9. The smallest absolute Gasteiger partial charge is 0.0537 e. The van der Waals surface area contributed by atoms with E-state index in [1.54, 1.807) is 0 Å². The lowest BCUT2D eigenvalue weighted by Crippen LogP contribution is -2.32. The molecule has 2 aliphatic rings. The first kappa shape index (κ1) is 11.2. The highest BCUT2D eigenvalue weighted by Gasteiger charge is 2.53. The first-order valence-corrected chi connectivity index (χ1v) is 6.64. The monoisotopic (exact) mass is 234 g/mol. The third kappa shape index (κ3) is 2.38. The molecule has 0 radical (unpaired) electrons. The minimum Gasteiger partial charge on any atom is -0.323 e. The Hall–Kier alpha value is -0.870. The van der Waals surface area contributed by atoms with E-state index in [9.17, 15) is 0 Å². The molecule has 1 atom stereocenters. The van der Waals surface area contributed by atoms with Crippen LogP contribution in [0.15, 0.2) is 12.4 Å². The minimum atomic E-state index is 0.0682. The fourth-order valence-electron chi connectivity index (χ4n) is 2.81. The number of hydrogen-bond acceptors (Lipinski definition) is 3. The summed E-state index contributed by atoms with van der Waals surface area (Å²) in [5.74, 6) is 1.02. The molecule has 3 rings (SSSR count). The Morgan fingerprint density at radius 1 is 1.59 bits per heavy atom. The van der Waals surface area contributed by atoms with Crippen molar-refractivity contribution >= 4 is 0 Å². The number of aryl methyl sites for hydroxylation is 1. The molecule has 2 fully saturated rings. The molecule has 1 heterocycles. The van der Waals surface area contributed by atoms with Gasteiger partial charge in [0, 0.05) is 37.9 Å². The lowest BCUT2D eigenvalue weighted by atomic mass is 10.0. The van der Waals surface area contributed by atoms with Crippen LogP contribution in [0, 0.1) is 11.3 Å². The quantitative estimate of drug-likeness (QED) is 0.777. The van der Waals surface area contributed by atoms with Crippen LogP contribution in [0.3, 0.4) is 0 Å². The first-order valence-electron chi connectivity index (χ1n) is 6.64. The van der Waals surface area contributed by atoms with Crippen molar-refractivity contribution in [2.45, 2.75) is 31.7 Å². The van der Waals surface area contributed by atoms with Gasteiger partial charge in [-0.2, -0.15) is 5.10 Å². The topological polar surface area (TPSA) is 55.9 Å². The Balaban J connectivity index is 1.45. The molecule has 4 heteroatoms. The summed E-state index contributed by atoms with van der Waals surface area (Å²) in [4.78, 5) is 0. The molecule has 0 aliphatic heterocycles. The van der Waals surface area contributed by atoms with Crippen molar-refractivity contribution in [2.75, 3.05) is 13.1 Å². The van der Waals surface area contributed by atoms with Crippen molar-refractivity contribution < 1.29 is 0 Å². The second kappa shape index (κ2) is 4.10. The summed E-state index contributed by atoms with van der Waals surface area (Å²) in [5, 5.41) is 7.71. The SMILES string of the molecule is Cn1cc(C(N)CNCC2(C3CC3)CC2)cn1. The molecule has 94 valence electrons. The molecule has 0 saturated heterocycles. The summed E-state index contributed by atoms with van der Waals surface area (Å²) in [6, 6.07) is 0.0682. The van der Waals surface area contributed by atoms with Crippen LogP contribution >= 0.6 is 0 Å². The van der Waals surface area contributed by atoms with Crippen molar-refractivity contribution in [1.29, 1.82) is 0 Å². The second-order valence-electron chi connectivity index (χ2n) is 5.82. The van der Waals surface area contributed by atoms with Crippen LogP contribution in [0.25, 0.3) is 0 Å². The van der Waals surface area contributed by atoms with E-state index >= 15 is 0 Å². The van der Waals surface area contributed by atoms with Gasteiger partial charge in [-0.15, -0.1) is 0 Å². The summed E-state index contributed by atoms with van der Waals surface area (Å²) in [6.45, 7) is 2.02. The molecule has 1 aromatic rings. The van der Waals surface area contributed by atoms with Crippen LogP contribution in [0.4, 0.5) is 0 Å². The van der Waals surface area contributed by atoms with Gasteiger partial charge in [-0.1, -0.05) is 0 Å². The van der Waals surface area contributed by atoms with E-state index in [-0.39, 0.29) is 6.04 Å². The summed E-state index contributed by atoms with van der Waals surface area (Å²) < 4.78 is 1.81. The number of nitrogens with zero attached hydrogens (tertiary/aromatic N) is 2. The third-order valence-electron chi connectivity index (χ3n) is 4.33. The molecule has 0 bridgehead atoms. The van der Waals surface area contributed by atoms with Crippen LogP contribution in [0.2, 0.25) is 0 Å². The van der Waals surface area contributed by atoms with Crippen LogP contribution in [-0.4, -0.2) is 22.9 Å². The zero-order valence-corrected chi connectivity index (χ0v) is 10.5. The van der Waals surface area contributed by atoms with Gasteiger partial charge in [0.25, 0.3) is 0 Å². The standard InChI is InChI=1S/C13H22N4/c1-17-8-10(6-16-17)12(14)7-15-9-13(4-5-13)11-2-3-11/h6,8,11-12,15H,2-5,7,9,14H2,1H3. The molecule has 0 amide bonds. The van der Waals surface area contributed by atoms with Crippen molar-refractivity contribution in [3.63, 3.8) is 0 Å². The van der Waals surface area contributed by atoms with Gasteiger partial charge in [-0.3, -0.25) is 4.68 Å². The summed E-state index contributed by atoms with van der Waals surface area (Å²) in [5.41, 5.74) is 7.92. The van der Waals surface area contributed by atoms with Gasteiger partial charge in [-0.25, -0.2) is 0 Å². The van der Waals surface area contributed by atoms with Crippen LogP contribution in [-0.2, 0) is 7.05 Å². The van der Waals surface area contributed by atoms with Gasteiger partial charge >= 0.3 is 0 Å². The van der Waals surface area contributed by atoms with Gasteiger partial charge < -0.3 is 11.1 Å². The normalized spacial score (nSPS) is 23.6. The highest BCUT2D eigenvalue weighted by molar-refractivity contribution is 5.10. The molecule has 1 unspecified atom stereocenters. The fraction of sp³-hybridized carbons (Fsp3) is 0.769. The second-order valence-corrected chi connectivity index (χ2v) is 5.82. The van der Waals surface area contributed by atoms with Gasteiger partial charge in [-0.05, 0) is 37.0 Å². The Morgan fingerprint density at radius 2 is 2.35 bits per heavy atom. The molecule has 3 N–H and O–H groups in total. The summed E-state index contributed by atoms with van der Waals surface area (Å²) in [6.07, 6.45) is 9.62. The lowest BCUT2D eigenvalue weighted by Gasteiger charge is -2.17. The van der Waals surface area contributed by atoms with Crippen molar-refractivity contribution in [1.82, 2.24) is 15.1 Å². The van der Waals surface area contributed by atoms with Crippen LogP contribution in [0.1, 0.15) is 37.3 Å². The number of nitrogens with two attached hydrogens (primary N) is 1. The van der Waals surface area contributed by atoms with Gasteiger partial charge in [0.05, 0.1) is 6.20 Å². The molecule has 2 aliphatic carbocycles. The summed E-state index contributed by atoms with van der Waals surface area (Å²) >= 11 is 0. The Bertz CT molecular complexity index is 390. The molecule has 4 nitrogen and oxygen atoms in total. The van der Waals surface area contributed by atoms with E-state index in [2.05, 4.69) is 10.4 Å². The highest BCUT2D eigenvalue weighted by Crippen LogP contribution is 2.60. The predicted molar refractivity (Wildman–Crippen MR) is 67.4 cm³/mol. The molecular weight excluding hydrogens is 212 g/mol. The van der Waals surface area contributed by atoms with Crippen molar-refractivity contribution in [3.8, 4) is 0 Å². The molecule has 0 spiro atoms. The number of hydrogen-bond donors (Lipinski definition) is 2.